The van der Waals surface area contributed by atoms with Crippen molar-refractivity contribution in [3.05, 3.63) is 54.1 Å². The molecular weight excluding hydrogens is 484 g/mol. The van der Waals surface area contributed by atoms with Crippen LogP contribution in [0.4, 0.5) is 16.2 Å². The monoisotopic (exact) mass is 522 g/mol. The van der Waals surface area contributed by atoms with Crippen molar-refractivity contribution in [2.24, 2.45) is 11.8 Å². The highest BCUT2D eigenvalue weighted by molar-refractivity contribution is 6.02. The number of carbonyl (C=O) groups is 3. The Balaban J connectivity index is 1.57. The highest BCUT2D eigenvalue weighted by Crippen LogP contribution is 2.33. The predicted molar refractivity (Wildman–Crippen MR) is 146 cm³/mol. The molecule has 38 heavy (non-hydrogen) atoms. The Morgan fingerprint density at radius 3 is 2.42 bits per heavy atom. The maximum atomic E-state index is 13.5. The molecule has 4 rings (SSSR count). The van der Waals surface area contributed by atoms with E-state index in [1.165, 1.54) is 0 Å². The Labute approximate surface area is 224 Å². The Bertz CT molecular complexity index is 1140. The van der Waals surface area contributed by atoms with Crippen LogP contribution >= 0.6 is 0 Å². The molecule has 9 heteroatoms. The second kappa shape index (κ2) is 12.3. The van der Waals surface area contributed by atoms with Gasteiger partial charge in [0.2, 0.25) is 5.91 Å². The van der Waals surface area contributed by atoms with E-state index in [1.807, 2.05) is 36.9 Å². The van der Waals surface area contributed by atoms with E-state index in [-0.39, 0.29) is 36.5 Å². The number of benzene rings is 2. The van der Waals surface area contributed by atoms with Crippen LogP contribution in [-0.4, -0.2) is 73.6 Å². The lowest BCUT2D eigenvalue weighted by molar-refractivity contribution is -0.135. The Kier molecular flexibility index (Phi) is 8.89. The zero-order valence-electron chi connectivity index (χ0n) is 22.6. The van der Waals surface area contributed by atoms with E-state index in [1.54, 1.807) is 49.4 Å². The van der Waals surface area contributed by atoms with Crippen molar-refractivity contribution in [3.8, 4) is 5.75 Å². The molecule has 0 radical (unpaired) electrons. The molecule has 1 saturated carbocycles. The van der Waals surface area contributed by atoms with Gasteiger partial charge >= 0.3 is 6.03 Å². The molecule has 2 aromatic carbocycles. The number of hydrogen-bond donors (Lipinski definition) is 2. The van der Waals surface area contributed by atoms with E-state index >= 15 is 0 Å². The van der Waals surface area contributed by atoms with Crippen LogP contribution in [0, 0.1) is 11.8 Å². The molecule has 0 bridgehead atoms. The first-order valence-corrected chi connectivity index (χ1v) is 13.2. The number of rotatable bonds is 5. The van der Waals surface area contributed by atoms with Crippen molar-refractivity contribution < 1.29 is 23.9 Å². The maximum Gasteiger partial charge on any atom is 0.323 e. The molecule has 1 aliphatic heterocycles. The second-order valence-electron chi connectivity index (χ2n) is 10.4. The van der Waals surface area contributed by atoms with Crippen LogP contribution in [0.1, 0.15) is 43.5 Å². The summed E-state index contributed by atoms with van der Waals surface area (Å²) in [6.07, 6.45) is 2.53. The van der Waals surface area contributed by atoms with Gasteiger partial charge in [0.15, 0.2) is 0 Å². The highest BCUT2D eigenvalue weighted by atomic mass is 16.5. The topological polar surface area (TPSA) is 100 Å². The molecule has 3 atom stereocenters. The quantitative estimate of drug-likeness (QED) is 0.604. The lowest BCUT2D eigenvalue weighted by atomic mass is 10.0. The van der Waals surface area contributed by atoms with E-state index in [4.69, 9.17) is 9.47 Å². The molecule has 1 heterocycles. The normalized spacial score (nSPS) is 22.4. The van der Waals surface area contributed by atoms with E-state index in [9.17, 15) is 14.4 Å². The van der Waals surface area contributed by atoms with Crippen LogP contribution in [0.5, 0.6) is 5.75 Å². The fraction of sp³-hybridized carbons (Fsp3) is 0.483. The molecule has 1 aliphatic carbocycles. The first-order valence-electron chi connectivity index (χ1n) is 13.2. The minimum atomic E-state index is -0.419. The number of likely N-dealkylation sites (N-methyl/N-ethyl adjacent to an activating group) is 1. The smallest absolute Gasteiger partial charge is 0.323 e. The standard InChI is InChI=1S/C29H38N4O5/c1-19-16-33(27(34)14-21-10-11-21)20(2)18-38-25-13-12-23(31-29(36)30-22-8-6-5-7-9-22)15-24(25)28(35)32(3)17-26(19)37-4/h5-9,12-13,15,19-21,26H,10-11,14,16-18H2,1-4H3,(H2,30,31,36)/t19-,20+,26-/m0/s1. The minimum Gasteiger partial charge on any atom is -0.491 e. The van der Waals surface area contributed by atoms with E-state index in [0.29, 0.717) is 48.1 Å². The molecule has 0 unspecified atom stereocenters. The lowest BCUT2D eigenvalue weighted by Crippen LogP contribution is -2.48. The summed E-state index contributed by atoms with van der Waals surface area (Å²) >= 11 is 0. The third-order valence-corrected chi connectivity index (χ3v) is 7.21. The largest absolute Gasteiger partial charge is 0.491 e. The zero-order valence-corrected chi connectivity index (χ0v) is 22.6. The van der Waals surface area contributed by atoms with Crippen LogP contribution in [0.3, 0.4) is 0 Å². The molecule has 9 nitrogen and oxygen atoms in total. The van der Waals surface area contributed by atoms with Crippen molar-refractivity contribution >= 4 is 29.2 Å². The van der Waals surface area contributed by atoms with Crippen molar-refractivity contribution in [2.75, 3.05) is 44.5 Å². The van der Waals surface area contributed by atoms with Crippen LogP contribution in [0.2, 0.25) is 0 Å². The van der Waals surface area contributed by atoms with Crippen molar-refractivity contribution in [1.29, 1.82) is 0 Å². The van der Waals surface area contributed by atoms with Gasteiger partial charge < -0.3 is 29.9 Å². The number of fused-ring (bicyclic) bond motifs is 1. The SMILES string of the molecule is CO[C@H]1CN(C)C(=O)c2cc(NC(=O)Nc3ccccc3)ccc2OC[C@@H](C)N(C(=O)CC2CC2)C[C@@H]1C. The summed E-state index contributed by atoms with van der Waals surface area (Å²) in [5.74, 6) is 0.793. The number of amides is 4. The van der Waals surface area contributed by atoms with Crippen LogP contribution < -0.4 is 15.4 Å². The van der Waals surface area contributed by atoms with Gasteiger partial charge in [-0.15, -0.1) is 0 Å². The molecule has 0 aromatic heterocycles. The number of urea groups is 1. The fourth-order valence-corrected chi connectivity index (χ4v) is 4.70. The molecular formula is C29H38N4O5. The zero-order chi connectivity index (χ0) is 27.2. The van der Waals surface area contributed by atoms with E-state index in [2.05, 4.69) is 10.6 Å². The van der Waals surface area contributed by atoms with Gasteiger partial charge in [0.05, 0.1) is 17.7 Å². The van der Waals surface area contributed by atoms with Crippen LogP contribution in [0.15, 0.2) is 48.5 Å². The fourth-order valence-electron chi connectivity index (χ4n) is 4.70. The van der Waals surface area contributed by atoms with Gasteiger partial charge in [-0.2, -0.15) is 0 Å². The summed E-state index contributed by atoms with van der Waals surface area (Å²) in [5.41, 5.74) is 1.45. The average Bonchev–Trinajstić information content (AvgIpc) is 3.72. The summed E-state index contributed by atoms with van der Waals surface area (Å²) in [5, 5.41) is 5.56. The number of anilines is 2. The summed E-state index contributed by atoms with van der Waals surface area (Å²) in [6, 6.07) is 13.5. The molecule has 204 valence electrons. The molecule has 0 saturated heterocycles. The third kappa shape index (κ3) is 7.04. The van der Waals surface area contributed by atoms with E-state index in [0.717, 1.165) is 12.8 Å². The number of hydrogen-bond acceptors (Lipinski definition) is 5. The van der Waals surface area contributed by atoms with Gasteiger partial charge in [-0.3, -0.25) is 9.59 Å². The van der Waals surface area contributed by atoms with Gasteiger partial charge in [0, 0.05) is 51.0 Å². The van der Waals surface area contributed by atoms with Gasteiger partial charge in [0.1, 0.15) is 12.4 Å². The number of nitrogens with one attached hydrogen (secondary N) is 2. The Morgan fingerprint density at radius 2 is 1.74 bits per heavy atom. The van der Waals surface area contributed by atoms with Crippen molar-refractivity contribution in [1.82, 2.24) is 9.80 Å². The van der Waals surface area contributed by atoms with E-state index < -0.39 is 6.03 Å². The lowest BCUT2D eigenvalue weighted by Gasteiger charge is -2.36. The van der Waals surface area contributed by atoms with Crippen LogP contribution in [0.25, 0.3) is 0 Å². The predicted octanol–water partition coefficient (Wildman–Crippen LogP) is 4.46. The average molecular weight is 523 g/mol. The second-order valence-corrected chi connectivity index (χ2v) is 10.4. The maximum absolute atomic E-state index is 13.5. The number of carbonyl (C=O) groups excluding carboxylic acids is 3. The first kappa shape index (κ1) is 27.4. The number of para-hydroxylation sites is 1. The number of nitrogens with zero attached hydrogens (tertiary/aromatic N) is 2. The summed E-state index contributed by atoms with van der Waals surface area (Å²) in [4.78, 5) is 42.8. The molecule has 2 aromatic rings. The minimum absolute atomic E-state index is 0.00873. The summed E-state index contributed by atoms with van der Waals surface area (Å²) < 4.78 is 11.9. The molecule has 2 aliphatic rings. The first-order chi connectivity index (χ1) is 18.2. The van der Waals surface area contributed by atoms with Crippen molar-refractivity contribution in [3.63, 3.8) is 0 Å². The Hall–Kier alpha value is -3.59. The highest BCUT2D eigenvalue weighted by Gasteiger charge is 2.33. The molecule has 0 spiro atoms. The summed E-state index contributed by atoms with van der Waals surface area (Å²) in [6.45, 7) is 5.14. The van der Waals surface area contributed by atoms with Gasteiger partial charge in [-0.05, 0) is 56.0 Å². The number of methoxy groups -OCH3 is 1. The molecule has 4 amide bonds. The summed E-state index contributed by atoms with van der Waals surface area (Å²) in [7, 11) is 3.35. The molecule has 1 fully saturated rings. The molecule has 2 N–H and O–H groups in total. The van der Waals surface area contributed by atoms with Crippen molar-refractivity contribution in [2.45, 2.75) is 45.3 Å². The van der Waals surface area contributed by atoms with Crippen LogP contribution in [-0.2, 0) is 9.53 Å². The Morgan fingerprint density at radius 1 is 1.03 bits per heavy atom. The third-order valence-electron chi connectivity index (χ3n) is 7.21. The van der Waals surface area contributed by atoms with Gasteiger partial charge in [0.25, 0.3) is 5.91 Å². The number of ether oxygens (including phenoxy) is 2. The van der Waals surface area contributed by atoms with Gasteiger partial charge in [-0.25, -0.2) is 4.79 Å². The van der Waals surface area contributed by atoms with Gasteiger partial charge in [-0.1, -0.05) is 25.1 Å².